The van der Waals surface area contributed by atoms with Gasteiger partial charge in [0, 0.05) is 5.69 Å². The average molecular weight is 266 g/mol. The fourth-order valence-electron chi connectivity index (χ4n) is 1.78. The van der Waals surface area contributed by atoms with Crippen molar-refractivity contribution in [3.63, 3.8) is 0 Å². The number of aryl methyl sites for hydroxylation is 1. The molecule has 0 aliphatic heterocycles. The predicted octanol–water partition coefficient (Wildman–Crippen LogP) is 2.54. The van der Waals surface area contributed by atoms with Crippen molar-refractivity contribution in [2.45, 2.75) is 13.0 Å². The first-order chi connectivity index (χ1) is 9.60. The van der Waals surface area contributed by atoms with Crippen molar-refractivity contribution in [1.82, 2.24) is 0 Å². The van der Waals surface area contributed by atoms with E-state index in [-0.39, 0.29) is 0 Å². The fourth-order valence-corrected chi connectivity index (χ4v) is 1.78. The van der Waals surface area contributed by atoms with E-state index in [0.29, 0.717) is 16.8 Å². The van der Waals surface area contributed by atoms with Gasteiger partial charge in [0.05, 0.1) is 11.6 Å². The third kappa shape index (κ3) is 3.22. The molecule has 4 nitrogen and oxygen atoms in total. The number of carbonyl (C=O) groups is 1. The number of nitriles is 1. The van der Waals surface area contributed by atoms with E-state index in [0.717, 1.165) is 5.56 Å². The van der Waals surface area contributed by atoms with E-state index in [4.69, 9.17) is 5.26 Å². The molecular formula is C16H14N2O2. The van der Waals surface area contributed by atoms with Gasteiger partial charge in [0.25, 0.3) is 5.91 Å². The number of nitrogens with one attached hydrogen (secondary N) is 1. The van der Waals surface area contributed by atoms with Crippen molar-refractivity contribution in [2.24, 2.45) is 0 Å². The second-order valence-electron chi connectivity index (χ2n) is 4.50. The molecule has 100 valence electrons. The highest BCUT2D eigenvalue weighted by Crippen LogP contribution is 2.17. The molecule has 0 bridgehead atoms. The summed E-state index contributed by atoms with van der Waals surface area (Å²) in [6.07, 6.45) is -1.23. The summed E-state index contributed by atoms with van der Waals surface area (Å²) in [4.78, 5) is 12.0. The second-order valence-corrected chi connectivity index (χ2v) is 4.50. The maximum atomic E-state index is 12.0. The lowest BCUT2D eigenvalue weighted by Gasteiger charge is -2.12. The number of anilines is 1. The van der Waals surface area contributed by atoms with E-state index in [9.17, 15) is 9.90 Å². The SMILES string of the molecule is Cc1ccc(C(O)C(=O)Nc2cccc(C#N)c2)cc1. The van der Waals surface area contributed by atoms with Crippen LogP contribution in [0.25, 0.3) is 0 Å². The molecule has 2 aromatic carbocycles. The molecule has 0 saturated carbocycles. The number of nitrogens with zero attached hydrogens (tertiary/aromatic N) is 1. The molecule has 4 heteroatoms. The van der Waals surface area contributed by atoms with Crippen LogP contribution in [0.4, 0.5) is 5.69 Å². The van der Waals surface area contributed by atoms with Crippen LogP contribution in [0.15, 0.2) is 48.5 Å². The average Bonchev–Trinajstić information content (AvgIpc) is 2.47. The van der Waals surface area contributed by atoms with Gasteiger partial charge in [-0.05, 0) is 30.7 Å². The van der Waals surface area contributed by atoms with Gasteiger partial charge in [-0.3, -0.25) is 4.79 Å². The van der Waals surface area contributed by atoms with E-state index in [1.165, 1.54) is 0 Å². The van der Waals surface area contributed by atoms with Crippen LogP contribution in [-0.2, 0) is 4.79 Å². The zero-order valence-electron chi connectivity index (χ0n) is 11.0. The molecule has 0 spiro atoms. The van der Waals surface area contributed by atoms with Crippen LogP contribution in [0.5, 0.6) is 0 Å². The summed E-state index contributed by atoms with van der Waals surface area (Å²) >= 11 is 0. The Morgan fingerprint density at radius 3 is 2.60 bits per heavy atom. The molecule has 2 N–H and O–H groups in total. The molecule has 1 amide bonds. The standard InChI is InChI=1S/C16H14N2O2/c1-11-5-7-13(8-6-11)15(19)16(20)18-14-4-2-3-12(9-14)10-17/h2-9,15,19H,1H3,(H,18,20). The number of rotatable bonds is 3. The first-order valence-corrected chi connectivity index (χ1v) is 6.16. The molecule has 1 unspecified atom stereocenters. The lowest BCUT2D eigenvalue weighted by atomic mass is 10.1. The minimum atomic E-state index is -1.23. The largest absolute Gasteiger partial charge is 0.378 e. The van der Waals surface area contributed by atoms with Gasteiger partial charge in [-0.15, -0.1) is 0 Å². The summed E-state index contributed by atoms with van der Waals surface area (Å²) in [7, 11) is 0. The molecular weight excluding hydrogens is 252 g/mol. The molecule has 0 heterocycles. The number of hydrogen-bond donors (Lipinski definition) is 2. The van der Waals surface area contributed by atoms with Crippen LogP contribution < -0.4 is 5.32 Å². The lowest BCUT2D eigenvalue weighted by Crippen LogP contribution is -2.20. The number of carbonyl (C=O) groups excluding carboxylic acids is 1. The highest BCUT2D eigenvalue weighted by atomic mass is 16.3. The Bertz CT molecular complexity index is 657. The smallest absolute Gasteiger partial charge is 0.257 e. The third-order valence-corrected chi connectivity index (χ3v) is 2.90. The highest BCUT2D eigenvalue weighted by Gasteiger charge is 2.17. The number of amides is 1. The molecule has 2 rings (SSSR count). The van der Waals surface area contributed by atoms with Gasteiger partial charge in [-0.2, -0.15) is 5.26 Å². The van der Waals surface area contributed by atoms with Crippen molar-refractivity contribution < 1.29 is 9.90 Å². The molecule has 0 aliphatic carbocycles. The van der Waals surface area contributed by atoms with Gasteiger partial charge < -0.3 is 10.4 Å². The summed E-state index contributed by atoms with van der Waals surface area (Å²) in [5, 5.41) is 21.4. The van der Waals surface area contributed by atoms with Crippen LogP contribution in [0, 0.1) is 18.3 Å². The van der Waals surface area contributed by atoms with Crippen LogP contribution in [0.2, 0.25) is 0 Å². The van der Waals surface area contributed by atoms with Gasteiger partial charge >= 0.3 is 0 Å². The second kappa shape index (κ2) is 6.00. The van der Waals surface area contributed by atoms with Gasteiger partial charge in [0.2, 0.25) is 0 Å². The van der Waals surface area contributed by atoms with Gasteiger partial charge in [-0.1, -0.05) is 35.9 Å². The quantitative estimate of drug-likeness (QED) is 0.896. The van der Waals surface area contributed by atoms with E-state index in [2.05, 4.69) is 5.32 Å². The third-order valence-electron chi connectivity index (χ3n) is 2.90. The Balaban J connectivity index is 2.11. The van der Waals surface area contributed by atoms with Gasteiger partial charge in [0.1, 0.15) is 0 Å². The van der Waals surface area contributed by atoms with Gasteiger partial charge in [0.15, 0.2) is 6.10 Å². The first-order valence-electron chi connectivity index (χ1n) is 6.16. The molecule has 0 radical (unpaired) electrons. The summed E-state index contributed by atoms with van der Waals surface area (Å²) in [6, 6.07) is 15.6. The van der Waals surface area contributed by atoms with Gasteiger partial charge in [-0.25, -0.2) is 0 Å². The lowest BCUT2D eigenvalue weighted by molar-refractivity contribution is -0.124. The van der Waals surface area contributed by atoms with E-state index >= 15 is 0 Å². The van der Waals surface area contributed by atoms with Crippen LogP contribution in [0.3, 0.4) is 0 Å². The molecule has 0 aromatic heterocycles. The number of hydrogen-bond acceptors (Lipinski definition) is 3. The van der Waals surface area contributed by atoms with Crippen molar-refractivity contribution >= 4 is 11.6 Å². The van der Waals surface area contributed by atoms with Crippen LogP contribution >= 0.6 is 0 Å². The Kier molecular flexibility index (Phi) is 4.14. The van der Waals surface area contributed by atoms with E-state index < -0.39 is 12.0 Å². The molecule has 20 heavy (non-hydrogen) atoms. The topological polar surface area (TPSA) is 73.1 Å². The Labute approximate surface area is 117 Å². The summed E-state index contributed by atoms with van der Waals surface area (Å²) < 4.78 is 0. The van der Waals surface area contributed by atoms with Crippen molar-refractivity contribution in [2.75, 3.05) is 5.32 Å². The van der Waals surface area contributed by atoms with Crippen LogP contribution in [0.1, 0.15) is 22.8 Å². The molecule has 0 saturated heterocycles. The van der Waals surface area contributed by atoms with Crippen molar-refractivity contribution in [3.8, 4) is 6.07 Å². The molecule has 0 fully saturated rings. The Morgan fingerprint density at radius 2 is 1.95 bits per heavy atom. The summed E-state index contributed by atoms with van der Waals surface area (Å²) in [5.74, 6) is -0.524. The summed E-state index contributed by atoms with van der Waals surface area (Å²) in [5.41, 5.74) is 2.53. The number of benzene rings is 2. The zero-order valence-corrected chi connectivity index (χ0v) is 11.0. The number of aliphatic hydroxyl groups is 1. The normalized spacial score (nSPS) is 11.4. The minimum Gasteiger partial charge on any atom is -0.378 e. The highest BCUT2D eigenvalue weighted by molar-refractivity contribution is 5.94. The number of aliphatic hydroxyl groups excluding tert-OH is 1. The van der Waals surface area contributed by atoms with Crippen LogP contribution in [-0.4, -0.2) is 11.0 Å². The van der Waals surface area contributed by atoms with Crippen molar-refractivity contribution in [3.05, 3.63) is 65.2 Å². The fraction of sp³-hybridized carbons (Fsp3) is 0.125. The molecule has 1 atom stereocenters. The first kappa shape index (κ1) is 13.8. The van der Waals surface area contributed by atoms with E-state index in [1.807, 2.05) is 25.1 Å². The summed E-state index contributed by atoms with van der Waals surface area (Å²) in [6.45, 7) is 1.93. The maximum Gasteiger partial charge on any atom is 0.257 e. The van der Waals surface area contributed by atoms with Crippen molar-refractivity contribution in [1.29, 1.82) is 5.26 Å². The molecule has 2 aromatic rings. The zero-order chi connectivity index (χ0) is 14.5. The Hall–Kier alpha value is -2.64. The monoisotopic (exact) mass is 266 g/mol. The molecule has 0 aliphatic rings. The maximum absolute atomic E-state index is 12.0. The minimum absolute atomic E-state index is 0.452. The predicted molar refractivity (Wildman–Crippen MR) is 75.9 cm³/mol. The Morgan fingerprint density at radius 1 is 1.25 bits per heavy atom. The van der Waals surface area contributed by atoms with E-state index in [1.54, 1.807) is 36.4 Å².